The molecule has 17 heavy (non-hydrogen) atoms. The van der Waals surface area contributed by atoms with Gasteiger partial charge in [-0.15, -0.1) is 11.6 Å². The van der Waals surface area contributed by atoms with E-state index in [1.165, 1.54) is 0 Å². The Kier molecular flexibility index (Phi) is 5.48. The van der Waals surface area contributed by atoms with Crippen LogP contribution in [0.4, 0.5) is 11.8 Å². The van der Waals surface area contributed by atoms with Gasteiger partial charge in [0.2, 0.25) is 5.95 Å². The van der Waals surface area contributed by atoms with Gasteiger partial charge in [-0.2, -0.15) is 4.98 Å². The highest BCUT2D eigenvalue weighted by molar-refractivity contribution is 6.20. The monoisotopic (exact) mass is 256 g/mol. The minimum absolute atomic E-state index is 0.132. The van der Waals surface area contributed by atoms with Crippen LogP contribution in [0.3, 0.4) is 0 Å². The molecule has 5 heteroatoms. The summed E-state index contributed by atoms with van der Waals surface area (Å²) in [5, 5.41) is 3.37. The standard InChI is InChI=1S/C12H21ClN4/c1-9(2)7-10(13)8-15-11-5-6-14-12(16-11)17(3)4/h5-6,9-10H,7-8H2,1-4H3,(H,14,15,16). The van der Waals surface area contributed by atoms with Crippen molar-refractivity contribution < 1.29 is 0 Å². The quantitative estimate of drug-likeness (QED) is 0.795. The molecule has 0 aliphatic heterocycles. The summed E-state index contributed by atoms with van der Waals surface area (Å²) in [4.78, 5) is 10.4. The second-order valence-corrected chi connectivity index (χ2v) is 5.36. The van der Waals surface area contributed by atoms with Gasteiger partial charge in [-0.25, -0.2) is 4.98 Å². The average Bonchev–Trinajstić information content (AvgIpc) is 2.26. The molecule has 0 spiro atoms. The van der Waals surface area contributed by atoms with E-state index in [1.54, 1.807) is 6.20 Å². The minimum atomic E-state index is 0.132. The lowest BCUT2D eigenvalue weighted by molar-refractivity contribution is 0.572. The molecule has 0 saturated carbocycles. The number of aromatic nitrogens is 2. The maximum atomic E-state index is 6.21. The third-order valence-electron chi connectivity index (χ3n) is 2.27. The average molecular weight is 257 g/mol. The number of nitrogens with zero attached hydrogens (tertiary/aromatic N) is 3. The van der Waals surface area contributed by atoms with E-state index in [9.17, 15) is 0 Å². The largest absolute Gasteiger partial charge is 0.368 e. The Morgan fingerprint density at radius 3 is 2.71 bits per heavy atom. The molecule has 0 saturated heterocycles. The van der Waals surface area contributed by atoms with Crippen molar-refractivity contribution in [1.82, 2.24) is 9.97 Å². The van der Waals surface area contributed by atoms with E-state index in [-0.39, 0.29) is 5.38 Å². The maximum absolute atomic E-state index is 6.21. The van der Waals surface area contributed by atoms with E-state index in [0.29, 0.717) is 11.9 Å². The predicted octanol–water partition coefficient (Wildman–Crippen LogP) is 2.61. The van der Waals surface area contributed by atoms with E-state index >= 15 is 0 Å². The van der Waals surface area contributed by atoms with Crippen LogP contribution in [0.15, 0.2) is 12.3 Å². The number of hydrogen-bond donors (Lipinski definition) is 1. The van der Waals surface area contributed by atoms with Gasteiger partial charge in [0.25, 0.3) is 0 Å². The molecule has 0 aliphatic rings. The van der Waals surface area contributed by atoms with E-state index in [2.05, 4.69) is 29.1 Å². The first kappa shape index (κ1) is 14.0. The first-order chi connectivity index (χ1) is 7.99. The van der Waals surface area contributed by atoms with Gasteiger partial charge in [0.05, 0.1) is 5.38 Å². The lowest BCUT2D eigenvalue weighted by Crippen LogP contribution is -2.18. The van der Waals surface area contributed by atoms with Crippen molar-refractivity contribution in [2.45, 2.75) is 25.6 Å². The minimum Gasteiger partial charge on any atom is -0.368 e. The fourth-order valence-corrected chi connectivity index (χ4v) is 1.91. The lowest BCUT2D eigenvalue weighted by Gasteiger charge is -2.15. The molecule has 0 bridgehead atoms. The van der Waals surface area contributed by atoms with E-state index in [1.807, 2.05) is 25.1 Å². The van der Waals surface area contributed by atoms with E-state index in [0.717, 1.165) is 18.8 Å². The van der Waals surface area contributed by atoms with Gasteiger partial charge in [-0.05, 0) is 18.4 Å². The normalized spacial score (nSPS) is 12.6. The fourth-order valence-electron chi connectivity index (χ4n) is 1.47. The SMILES string of the molecule is CC(C)CC(Cl)CNc1ccnc(N(C)C)n1. The first-order valence-electron chi connectivity index (χ1n) is 5.87. The zero-order chi connectivity index (χ0) is 12.8. The van der Waals surface area contributed by atoms with Crippen molar-refractivity contribution in [2.24, 2.45) is 5.92 Å². The Morgan fingerprint density at radius 2 is 2.12 bits per heavy atom. The molecule has 4 nitrogen and oxygen atoms in total. The van der Waals surface area contributed by atoms with Gasteiger partial charge < -0.3 is 10.2 Å². The van der Waals surface area contributed by atoms with Crippen LogP contribution in [0.25, 0.3) is 0 Å². The maximum Gasteiger partial charge on any atom is 0.226 e. The fraction of sp³-hybridized carbons (Fsp3) is 0.667. The Morgan fingerprint density at radius 1 is 1.41 bits per heavy atom. The third-order valence-corrected chi connectivity index (χ3v) is 2.61. The van der Waals surface area contributed by atoms with Gasteiger partial charge in [0.1, 0.15) is 5.82 Å². The van der Waals surface area contributed by atoms with Gasteiger partial charge >= 0.3 is 0 Å². The highest BCUT2D eigenvalue weighted by Crippen LogP contribution is 2.13. The Hall–Kier alpha value is -1.03. The van der Waals surface area contributed by atoms with Gasteiger partial charge in [-0.3, -0.25) is 0 Å². The van der Waals surface area contributed by atoms with Crippen LogP contribution in [-0.2, 0) is 0 Å². The molecule has 0 aliphatic carbocycles. The van der Waals surface area contributed by atoms with E-state index < -0.39 is 0 Å². The number of alkyl halides is 1. The molecular formula is C12H21ClN4. The molecule has 96 valence electrons. The third kappa shape index (κ3) is 5.22. The van der Waals surface area contributed by atoms with Crippen molar-refractivity contribution in [3.05, 3.63) is 12.3 Å². The molecule has 0 fully saturated rings. The smallest absolute Gasteiger partial charge is 0.226 e. The first-order valence-corrected chi connectivity index (χ1v) is 6.31. The van der Waals surface area contributed by atoms with Crippen LogP contribution in [0.1, 0.15) is 20.3 Å². The molecule has 1 unspecified atom stereocenters. The van der Waals surface area contributed by atoms with E-state index in [4.69, 9.17) is 11.6 Å². The Balaban J connectivity index is 2.49. The summed E-state index contributed by atoms with van der Waals surface area (Å²) in [6, 6.07) is 1.85. The van der Waals surface area contributed by atoms with Gasteiger partial charge in [-0.1, -0.05) is 13.8 Å². The number of hydrogen-bond acceptors (Lipinski definition) is 4. The number of nitrogens with one attached hydrogen (secondary N) is 1. The molecule has 1 N–H and O–H groups in total. The van der Waals surface area contributed by atoms with Crippen LogP contribution in [0.5, 0.6) is 0 Å². The molecule has 0 aromatic carbocycles. The van der Waals surface area contributed by atoms with Crippen LogP contribution in [-0.4, -0.2) is 36.0 Å². The van der Waals surface area contributed by atoms with Crippen molar-refractivity contribution in [2.75, 3.05) is 30.9 Å². The predicted molar refractivity (Wildman–Crippen MR) is 73.9 cm³/mol. The summed E-state index contributed by atoms with van der Waals surface area (Å²) >= 11 is 6.21. The second-order valence-electron chi connectivity index (χ2n) is 4.74. The molecule has 1 aromatic heterocycles. The number of anilines is 2. The number of halogens is 1. The van der Waals surface area contributed by atoms with Crippen molar-refractivity contribution in [3.63, 3.8) is 0 Å². The highest BCUT2D eigenvalue weighted by atomic mass is 35.5. The molecule has 0 amide bonds. The van der Waals surface area contributed by atoms with Crippen LogP contribution in [0, 0.1) is 5.92 Å². The van der Waals surface area contributed by atoms with Crippen LogP contribution < -0.4 is 10.2 Å². The summed E-state index contributed by atoms with van der Waals surface area (Å²) in [7, 11) is 3.84. The zero-order valence-electron chi connectivity index (χ0n) is 10.9. The molecule has 1 heterocycles. The molecule has 1 atom stereocenters. The molecule has 1 rings (SSSR count). The zero-order valence-corrected chi connectivity index (χ0v) is 11.7. The van der Waals surface area contributed by atoms with Gasteiger partial charge in [0, 0.05) is 26.8 Å². The summed E-state index contributed by atoms with van der Waals surface area (Å²) < 4.78 is 0. The van der Waals surface area contributed by atoms with Crippen molar-refractivity contribution in [3.8, 4) is 0 Å². The molecular weight excluding hydrogens is 236 g/mol. The van der Waals surface area contributed by atoms with Crippen LogP contribution in [0.2, 0.25) is 0 Å². The lowest BCUT2D eigenvalue weighted by atomic mass is 10.1. The van der Waals surface area contributed by atoms with Crippen molar-refractivity contribution >= 4 is 23.4 Å². The summed E-state index contributed by atoms with van der Waals surface area (Å²) in [5.41, 5.74) is 0. The number of rotatable bonds is 6. The molecule has 1 aromatic rings. The summed E-state index contributed by atoms with van der Waals surface area (Å²) in [6.45, 7) is 5.07. The second kappa shape index (κ2) is 6.64. The Bertz CT molecular complexity index is 341. The van der Waals surface area contributed by atoms with Gasteiger partial charge in [0.15, 0.2) is 0 Å². The Labute approximate surface area is 108 Å². The topological polar surface area (TPSA) is 41.1 Å². The van der Waals surface area contributed by atoms with Crippen molar-refractivity contribution in [1.29, 1.82) is 0 Å². The summed E-state index contributed by atoms with van der Waals surface area (Å²) in [6.07, 6.45) is 2.75. The highest BCUT2D eigenvalue weighted by Gasteiger charge is 2.08. The molecule has 0 radical (unpaired) electrons. The summed E-state index contributed by atoms with van der Waals surface area (Å²) in [5.74, 6) is 2.13. The van der Waals surface area contributed by atoms with Crippen LogP contribution >= 0.6 is 11.6 Å².